The molecule has 1 rings (SSSR count). The molecule has 0 radical (unpaired) electrons. The van der Waals surface area contributed by atoms with E-state index >= 15 is 0 Å². The molecule has 0 saturated carbocycles. The summed E-state index contributed by atoms with van der Waals surface area (Å²) in [6.45, 7) is 4.77. The number of thiophene rings is 1. The Labute approximate surface area is 115 Å². The van der Waals surface area contributed by atoms with Crippen LogP contribution in [0, 0.1) is 5.92 Å². The molecule has 1 atom stereocenters. The van der Waals surface area contributed by atoms with Crippen LogP contribution >= 0.6 is 27.3 Å². The van der Waals surface area contributed by atoms with Gasteiger partial charge < -0.3 is 10.6 Å². The van der Waals surface area contributed by atoms with E-state index in [0.29, 0.717) is 12.5 Å². The first-order valence-corrected chi connectivity index (χ1v) is 7.31. The topological polar surface area (TPSA) is 46.3 Å². The van der Waals surface area contributed by atoms with Gasteiger partial charge in [-0.3, -0.25) is 4.79 Å². The Morgan fingerprint density at radius 2 is 2.24 bits per heavy atom. The summed E-state index contributed by atoms with van der Waals surface area (Å²) in [5.74, 6) is 0.460. The number of carbonyl (C=O) groups excluding carboxylic acids is 1. The second kappa shape index (κ2) is 6.52. The van der Waals surface area contributed by atoms with E-state index < -0.39 is 0 Å². The van der Waals surface area contributed by atoms with E-state index in [1.807, 2.05) is 11.4 Å². The normalized spacial score (nSPS) is 12.8. The lowest BCUT2D eigenvalue weighted by molar-refractivity contribution is -0.132. The zero-order chi connectivity index (χ0) is 13.0. The van der Waals surface area contributed by atoms with Crippen LogP contribution in [0.25, 0.3) is 0 Å². The van der Waals surface area contributed by atoms with Crippen LogP contribution in [0.15, 0.2) is 15.9 Å². The Balaban J connectivity index is 2.52. The van der Waals surface area contributed by atoms with E-state index in [2.05, 4.69) is 29.8 Å². The molecule has 0 bridgehead atoms. The lowest BCUT2D eigenvalue weighted by atomic mass is 10.0. The second-order valence-corrected chi connectivity index (χ2v) is 6.57. The van der Waals surface area contributed by atoms with Gasteiger partial charge in [-0.25, -0.2) is 0 Å². The molecule has 1 aromatic heterocycles. The molecule has 0 aromatic carbocycles. The van der Waals surface area contributed by atoms with Crippen molar-refractivity contribution in [2.45, 2.75) is 32.9 Å². The molecule has 0 saturated heterocycles. The Kier molecular flexibility index (Phi) is 5.62. The summed E-state index contributed by atoms with van der Waals surface area (Å²) in [4.78, 5) is 14.8. The van der Waals surface area contributed by atoms with Crippen LogP contribution in [-0.2, 0) is 11.3 Å². The van der Waals surface area contributed by atoms with Crippen molar-refractivity contribution in [2.24, 2.45) is 11.7 Å². The summed E-state index contributed by atoms with van der Waals surface area (Å²) in [7, 11) is 1.80. The van der Waals surface area contributed by atoms with E-state index in [1.165, 1.54) is 0 Å². The third kappa shape index (κ3) is 4.77. The van der Waals surface area contributed by atoms with E-state index in [9.17, 15) is 4.79 Å². The highest BCUT2D eigenvalue weighted by Gasteiger charge is 2.19. The van der Waals surface area contributed by atoms with Crippen LogP contribution in [0.5, 0.6) is 0 Å². The minimum Gasteiger partial charge on any atom is -0.339 e. The van der Waals surface area contributed by atoms with Crippen molar-refractivity contribution in [3.05, 3.63) is 20.8 Å². The molecule has 1 heterocycles. The predicted molar refractivity (Wildman–Crippen MR) is 75.9 cm³/mol. The third-order valence-corrected chi connectivity index (χ3v) is 4.12. The molecule has 0 spiro atoms. The fourth-order valence-corrected chi connectivity index (χ4v) is 3.14. The van der Waals surface area contributed by atoms with Crippen molar-refractivity contribution in [2.75, 3.05) is 7.05 Å². The Bertz CT molecular complexity index is 378. The van der Waals surface area contributed by atoms with E-state index in [4.69, 9.17) is 5.73 Å². The molecular weight excluding hydrogens is 300 g/mol. The first-order valence-electron chi connectivity index (χ1n) is 5.63. The molecule has 5 heteroatoms. The molecule has 0 aliphatic heterocycles. The van der Waals surface area contributed by atoms with Crippen LogP contribution in [0.2, 0.25) is 0 Å². The molecule has 0 aliphatic rings. The van der Waals surface area contributed by atoms with Crippen molar-refractivity contribution < 1.29 is 4.79 Å². The van der Waals surface area contributed by atoms with Crippen LogP contribution in [-0.4, -0.2) is 23.9 Å². The van der Waals surface area contributed by atoms with Gasteiger partial charge in [0.15, 0.2) is 0 Å². The van der Waals surface area contributed by atoms with Gasteiger partial charge in [0, 0.05) is 21.8 Å². The maximum absolute atomic E-state index is 12.0. The Hall–Kier alpha value is -0.390. The first kappa shape index (κ1) is 14.7. The van der Waals surface area contributed by atoms with E-state index in [-0.39, 0.29) is 11.9 Å². The summed E-state index contributed by atoms with van der Waals surface area (Å²) in [5, 5.41) is 2.02. The number of hydrogen-bond donors (Lipinski definition) is 1. The van der Waals surface area contributed by atoms with Crippen LogP contribution in [0.3, 0.4) is 0 Å². The van der Waals surface area contributed by atoms with Crippen LogP contribution in [0.1, 0.15) is 25.1 Å². The summed E-state index contributed by atoms with van der Waals surface area (Å²) < 4.78 is 1.06. The molecule has 0 fully saturated rings. The number of hydrogen-bond acceptors (Lipinski definition) is 3. The van der Waals surface area contributed by atoms with Crippen molar-refractivity contribution in [3.63, 3.8) is 0 Å². The molecule has 3 nitrogen and oxygen atoms in total. The van der Waals surface area contributed by atoms with E-state index in [0.717, 1.165) is 15.8 Å². The molecular formula is C12H19BrN2OS. The lowest BCUT2D eigenvalue weighted by Crippen LogP contribution is -2.42. The van der Waals surface area contributed by atoms with Gasteiger partial charge in [-0.05, 0) is 34.3 Å². The fourth-order valence-electron chi connectivity index (χ4n) is 1.64. The smallest absolute Gasteiger partial charge is 0.239 e. The number of carbonyl (C=O) groups is 1. The number of rotatable bonds is 5. The minimum atomic E-state index is -0.386. The van der Waals surface area contributed by atoms with Crippen LogP contribution < -0.4 is 5.73 Å². The first-order chi connectivity index (χ1) is 7.90. The second-order valence-electron chi connectivity index (χ2n) is 4.66. The van der Waals surface area contributed by atoms with Gasteiger partial charge in [0.25, 0.3) is 0 Å². The molecule has 1 aromatic rings. The number of halogens is 1. The molecule has 2 N–H and O–H groups in total. The minimum absolute atomic E-state index is 0.0169. The van der Waals surface area contributed by atoms with Crippen molar-refractivity contribution in [3.8, 4) is 0 Å². The van der Waals surface area contributed by atoms with Gasteiger partial charge >= 0.3 is 0 Å². The number of amides is 1. The summed E-state index contributed by atoms with van der Waals surface area (Å²) in [5.41, 5.74) is 5.88. The van der Waals surface area contributed by atoms with Crippen molar-refractivity contribution >= 4 is 33.2 Å². The predicted octanol–water partition coefficient (Wildman–Crippen LogP) is 2.84. The monoisotopic (exact) mass is 318 g/mol. The van der Waals surface area contributed by atoms with Crippen molar-refractivity contribution in [1.29, 1.82) is 0 Å². The number of likely N-dealkylation sites (N-methyl/N-ethyl adjacent to an activating group) is 1. The van der Waals surface area contributed by atoms with Crippen LogP contribution in [0.4, 0.5) is 0 Å². The Morgan fingerprint density at radius 1 is 1.59 bits per heavy atom. The van der Waals surface area contributed by atoms with Gasteiger partial charge in [0.05, 0.1) is 12.6 Å². The molecule has 0 aliphatic carbocycles. The average molecular weight is 319 g/mol. The average Bonchev–Trinajstić information content (AvgIpc) is 2.61. The maximum atomic E-state index is 12.0. The van der Waals surface area contributed by atoms with E-state index in [1.54, 1.807) is 23.3 Å². The zero-order valence-corrected chi connectivity index (χ0v) is 12.8. The van der Waals surface area contributed by atoms with Gasteiger partial charge in [-0.2, -0.15) is 0 Å². The van der Waals surface area contributed by atoms with Gasteiger partial charge in [-0.15, -0.1) is 11.3 Å². The number of nitrogens with zero attached hydrogens (tertiary/aromatic N) is 1. The quantitative estimate of drug-likeness (QED) is 0.907. The molecule has 1 amide bonds. The fraction of sp³-hybridized carbons (Fsp3) is 0.583. The lowest BCUT2D eigenvalue weighted by Gasteiger charge is -2.21. The SMILES string of the molecule is CC(C)CC(N)C(=O)N(C)Cc1cc(Br)cs1. The highest BCUT2D eigenvalue weighted by Crippen LogP contribution is 2.21. The maximum Gasteiger partial charge on any atom is 0.239 e. The Morgan fingerprint density at radius 3 is 2.71 bits per heavy atom. The van der Waals surface area contributed by atoms with Gasteiger partial charge in [0.2, 0.25) is 5.91 Å². The standard InChI is InChI=1S/C12H19BrN2OS/c1-8(2)4-11(14)12(16)15(3)6-10-5-9(13)7-17-10/h5,7-8,11H,4,6,14H2,1-3H3. The highest BCUT2D eigenvalue weighted by atomic mass is 79.9. The zero-order valence-electron chi connectivity index (χ0n) is 10.4. The van der Waals surface area contributed by atoms with Crippen molar-refractivity contribution in [1.82, 2.24) is 4.90 Å². The summed E-state index contributed by atoms with van der Waals surface area (Å²) in [6.07, 6.45) is 0.733. The van der Waals surface area contributed by atoms with Gasteiger partial charge in [-0.1, -0.05) is 13.8 Å². The molecule has 1 unspecified atom stereocenters. The van der Waals surface area contributed by atoms with Gasteiger partial charge in [0.1, 0.15) is 0 Å². The highest BCUT2D eigenvalue weighted by molar-refractivity contribution is 9.10. The number of nitrogens with two attached hydrogens (primary N) is 1. The third-order valence-electron chi connectivity index (χ3n) is 2.43. The molecule has 96 valence electrons. The molecule has 17 heavy (non-hydrogen) atoms. The summed E-state index contributed by atoms with van der Waals surface area (Å²) in [6, 6.07) is 1.64. The largest absolute Gasteiger partial charge is 0.339 e. The summed E-state index contributed by atoms with van der Waals surface area (Å²) >= 11 is 5.04.